The number of aromatic nitrogens is 4. The Morgan fingerprint density at radius 2 is 1.95 bits per heavy atom. The quantitative estimate of drug-likeness (QED) is 0.0831. The highest BCUT2D eigenvalue weighted by atomic mass is 31.2. The summed E-state index contributed by atoms with van der Waals surface area (Å²) in [5, 5.41) is 5.85. The minimum absolute atomic E-state index is 0.0857. The van der Waals surface area contributed by atoms with Crippen molar-refractivity contribution in [1.82, 2.24) is 24.8 Å². The Morgan fingerprint density at radius 3 is 2.64 bits per heavy atom. The number of hydrogen-bond acceptors (Lipinski definition) is 10. The van der Waals surface area contributed by atoms with E-state index in [1.807, 2.05) is 0 Å². The van der Waals surface area contributed by atoms with Crippen molar-refractivity contribution in [3.63, 3.8) is 0 Å². The molecular weight excluding hydrogens is 592 g/mol. The third-order valence-corrected chi connectivity index (χ3v) is 8.65. The van der Waals surface area contributed by atoms with Crippen LogP contribution in [-0.4, -0.2) is 77.8 Å². The van der Waals surface area contributed by atoms with Crippen molar-refractivity contribution in [1.29, 1.82) is 0 Å². The van der Waals surface area contributed by atoms with Crippen molar-refractivity contribution in [2.75, 3.05) is 32.1 Å². The van der Waals surface area contributed by atoms with E-state index in [-0.39, 0.29) is 30.5 Å². The van der Waals surface area contributed by atoms with Crippen LogP contribution in [0.1, 0.15) is 63.2 Å². The molecule has 18 heteroatoms. The van der Waals surface area contributed by atoms with E-state index in [2.05, 4.69) is 37.4 Å². The molecule has 0 aromatic carbocycles. The second-order valence-electron chi connectivity index (χ2n) is 10.5. The highest BCUT2D eigenvalue weighted by Gasteiger charge is 2.70. The van der Waals surface area contributed by atoms with E-state index in [1.165, 1.54) is 6.33 Å². The average molecular weight is 630 g/mol. The van der Waals surface area contributed by atoms with Crippen LogP contribution in [0.4, 0.5) is 5.82 Å². The van der Waals surface area contributed by atoms with Gasteiger partial charge in [0.05, 0.1) is 19.0 Å². The van der Waals surface area contributed by atoms with Crippen molar-refractivity contribution in [3.05, 3.63) is 12.2 Å². The van der Waals surface area contributed by atoms with Crippen LogP contribution in [0.3, 0.4) is 0 Å². The third-order valence-electron chi connectivity index (χ3n) is 7.65. The summed E-state index contributed by atoms with van der Waals surface area (Å²) >= 11 is 0. The summed E-state index contributed by atoms with van der Waals surface area (Å²) in [6, 6.07) is -0.397. The maximum Gasteiger partial charge on any atom is 0.469 e. The van der Waals surface area contributed by atoms with Crippen molar-refractivity contribution in [2.45, 2.75) is 63.5 Å². The van der Waals surface area contributed by atoms with Crippen LogP contribution in [0.2, 0.25) is 0 Å². The lowest BCUT2D eigenvalue weighted by Crippen LogP contribution is -2.26. The number of nitrogens with two attached hydrogens (primary N) is 1. The van der Waals surface area contributed by atoms with Gasteiger partial charge in [0.2, 0.25) is 11.7 Å². The van der Waals surface area contributed by atoms with E-state index in [4.69, 9.17) is 14.8 Å². The summed E-state index contributed by atoms with van der Waals surface area (Å²) in [4.78, 5) is 62.9. The summed E-state index contributed by atoms with van der Waals surface area (Å²) in [5.41, 5.74) is 5.36. The number of rotatable bonds is 15. The summed E-state index contributed by atoms with van der Waals surface area (Å²) in [6.45, 7) is 0.861. The zero-order chi connectivity index (χ0) is 30.5. The van der Waals surface area contributed by atoms with Crippen molar-refractivity contribution >= 4 is 38.5 Å². The number of nitrogens with zero attached hydrogens (tertiary/aromatic N) is 4. The molecule has 2 aromatic rings. The number of unbranched alkanes of at least 4 members (excludes halogenated alkanes) is 3. The Bertz CT molecular complexity index is 1430. The topological polar surface area (TPSA) is 244 Å². The van der Waals surface area contributed by atoms with E-state index in [1.54, 1.807) is 11.6 Å². The Hall–Kier alpha value is -2.44. The number of anilines is 1. The van der Waals surface area contributed by atoms with Crippen LogP contribution in [0.5, 0.6) is 0 Å². The average Bonchev–Trinajstić information content (AvgIpc) is 3.38. The Labute approximate surface area is 242 Å². The number of phosphoric ester groups is 2. The number of nitrogens with one attached hydrogen (secondary N) is 2. The summed E-state index contributed by atoms with van der Waals surface area (Å²) in [5.74, 6) is 6.09. The molecular formula is C24H37N7O9P2. The minimum Gasteiger partial charge on any atom is -0.371 e. The molecule has 8 N–H and O–H groups in total. The van der Waals surface area contributed by atoms with Crippen LogP contribution < -0.4 is 16.4 Å². The second-order valence-corrected chi connectivity index (χ2v) is 13.0. The highest BCUT2D eigenvalue weighted by Crippen LogP contribution is 2.71. The molecule has 0 saturated heterocycles. The van der Waals surface area contributed by atoms with Crippen LogP contribution >= 0.6 is 15.6 Å². The van der Waals surface area contributed by atoms with Crippen molar-refractivity contribution in [3.8, 4) is 11.8 Å². The molecule has 2 aliphatic rings. The molecule has 2 saturated carbocycles. The molecule has 0 aliphatic heterocycles. The van der Waals surface area contributed by atoms with E-state index in [0.717, 1.165) is 25.7 Å². The number of amides is 1. The molecule has 42 heavy (non-hydrogen) atoms. The normalized spacial score (nSPS) is 23.3. The first-order chi connectivity index (χ1) is 19.9. The van der Waals surface area contributed by atoms with Crippen LogP contribution in [0.25, 0.3) is 11.2 Å². The van der Waals surface area contributed by atoms with Gasteiger partial charge < -0.3 is 40.5 Å². The lowest BCUT2D eigenvalue weighted by atomic mass is 10.0. The van der Waals surface area contributed by atoms with Gasteiger partial charge in [0.25, 0.3) is 0 Å². The molecule has 2 fully saturated rings. The molecule has 2 unspecified atom stereocenters. The predicted molar refractivity (Wildman–Crippen MR) is 151 cm³/mol. The van der Waals surface area contributed by atoms with Crippen LogP contribution in [0, 0.1) is 23.2 Å². The Kier molecular flexibility index (Phi) is 10.4. The van der Waals surface area contributed by atoms with E-state index in [0.29, 0.717) is 42.9 Å². The van der Waals surface area contributed by atoms with E-state index in [9.17, 15) is 33.5 Å². The zero-order valence-corrected chi connectivity index (χ0v) is 25.0. The number of imidazole rings is 1. The number of fused-ring (bicyclic) bond motifs is 2. The number of carbonyl (C=O) groups is 1. The molecule has 232 valence electrons. The molecule has 4 atom stereocenters. The van der Waals surface area contributed by atoms with Gasteiger partial charge in [-0.1, -0.05) is 18.8 Å². The first kappa shape index (κ1) is 32.5. The van der Waals surface area contributed by atoms with Gasteiger partial charge in [0.1, 0.15) is 0 Å². The minimum atomic E-state index is -4.90. The molecule has 2 aromatic heterocycles. The fourth-order valence-electron chi connectivity index (χ4n) is 5.59. The third kappa shape index (κ3) is 8.13. The van der Waals surface area contributed by atoms with Crippen LogP contribution in [-0.2, 0) is 23.0 Å². The Balaban J connectivity index is 1.47. The van der Waals surface area contributed by atoms with E-state index >= 15 is 0 Å². The largest absolute Gasteiger partial charge is 0.469 e. The highest BCUT2D eigenvalue weighted by molar-refractivity contribution is 7.46. The molecule has 2 heterocycles. The van der Waals surface area contributed by atoms with Crippen molar-refractivity contribution < 1.29 is 42.5 Å². The molecule has 1 amide bonds. The van der Waals surface area contributed by atoms with Gasteiger partial charge in [-0.05, 0) is 44.1 Å². The second kappa shape index (κ2) is 13.5. The van der Waals surface area contributed by atoms with Gasteiger partial charge in [-0.2, -0.15) is 0 Å². The number of hydrogen-bond donors (Lipinski definition) is 7. The maximum absolute atomic E-state index is 12.1. The zero-order valence-electron chi connectivity index (χ0n) is 23.2. The van der Waals surface area contributed by atoms with Gasteiger partial charge in [-0.3, -0.25) is 13.8 Å². The van der Waals surface area contributed by atoms with Crippen molar-refractivity contribution in [2.24, 2.45) is 17.1 Å². The Morgan fingerprint density at radius 1 is 1.19 bits per heavy atom. The van der Waals surface area contributed by atoms with Gasteiger partial charge >= 0.3 is 15.6 Å². The summed E-state index contributed by atoms with van der Waals surface area (Å²) in [7, 11) is -8.05. The first-order valence-corrected chi connectivity index (χ1v) is 16.7. The standard InChI is InChI=1S/C24H37N7O9P2/c1-26-22-21-23(30-19(29-22)8-4-5-9-20(32)27-11-7-3-2-6-10-25)31(15-28-21)17-12-18(40-42(36,37)38)24(13-16(17)24)14-39-41(33,34)35/h15-18H,2-3,5-7,9-14,25H2,1H3,(H,27,32)(H,26,29,30)(H2,33,34,35)(H2,36,37,38)/t16-,17?,18?,24+/m0/s1. The lowest BCUT2D eigenvalue weighted by Gasteiger charge is -2.24. The monoisotopic (exact) mass is 629 g/mol. The first-order valence-electron chi connectivity index (χ1n) is 13.7. The van der Waals surface area contributed by atoms with Gasteiger partial charge in [0, 0.05) is 37.9 Å². The van der Waals surface area contributed by atoms with Gasteiger partial charge in [0.15, 0.2) is 17.0 Å². The fourth-order valence-corrected chi connectivity index (χ4v) is 6.62. The summed E-state index contributed by atoms with van der Waals surface area (Å²) < 4.78 is 34.6. The van der Waals surface area contributed by atoms with Crippen LogP contribution in [0.15, 0.2) is 6.33 Å². The van der Waals surface area contributed by atoms with E-state index < -0.39 is 39.8 Å². The lowest BCUT2D eigenvalue weighted by molar-refractivity contribution is -0.121. The fraction of sp³-hybridized carbons (Fsp3) is 0.667. The van der Waals surface area contributed by atoms with Gasteiger partial charge in [-0.25, -0.2) is 24.1 Å². The smallest absolute Gasteiger partial charge is 0.371 e. The predicted octanol–water partition coefficient (Wildman–Crippen LogP) is 1.17. The molecule has 0 spiro atoms. The molecule has 4 rings (SSSR count). The number of carbonyl (C=O) groups excluding carboxylic acids is 1. The molecule has 2 aliphatic carbocycles. The maximum atomic E-state index is 12.1. The molecule has 0 radical (unpaired) electrons. The van der Waals surface area contributed by atoms with Gasteiger partial charge in [-0.15, -0.1) is 0 Å². The molecule has 16 nitrogen and oxygen atoms in total. The number of phosphoric acid groups is 2. The SMILES string of the molecule is CNc1nc(C#CCCC(=O)NCCCCCCN)nc2c1ncn2C1CC(OP(=O)(O)O)[C@@]2(COP(=O)(O)O)C[C@@H]12. The molecule has 0 bridgehead atoms. The summed E-state index contributed by atoms with van der Waals surface area (Å²) in [6.07, 6.45) is 5.51.